The van der Waals surface area contributed by atoms with Crippen LogP contribution in [0.1, 0.15) is 24.8 Å². The van der Waals surface area contributed by atoms with Gasteiger partial charge < -0.3 is 15.4 Å². The molecule has 0 bridgehead atoms. The molecule has 194 valence electrons. The SMILES string of the molecule is N#Cc1cccc(-c2ccc3ncc(-c4cc(F)cc(F)c4)c(N4CCC(N)CC4)c3c2)c1OCCCBr. The number of piperidine rings is 1. The topological polar surface area (TPSA) is 75.2 Å². The van der Waals surface area contributed by atoms with Crippen LogP contribution in [0.4, 0.5) is 14.5 Å². The average Bonchev–Trinajstić information content (AvgIpc) is 2.92. The van der Waals surface area contributed by atoms with E-state index < -0.39 is 11.6 Å². The van der Waals surface area contributed by atoms with E-state index in [1.54, 1.807) is 12.3 Å². The number of halogens is 3. The first-order chi connectivity index (χ1) is 18.5. The van der Waals surface area contributed by atoms with Crippen LogP contribution >= 0.6 is 15.9 Å². The second-order valence-corrected chi connectivity index (χ2v) is 10.2. The molecule has 0 radical (unpaired) electrons. The number of pyridine rings is 1. The number of nitriles is 1. The summed E-state index contributed by atoms with van der Waals surface area (Å²) in [6.07, 6.45) is 4.12. The van der Waals surface area contributed by atoms with Gasteiger partial charge in [0.1, 0.15) is 23.5 Å². The van der Waals surface area contributed by atoms with Gasteiger partial charge in [-0.3, -0.25) is 4.98 Å². The minimum absolute atomic E-state index is 0.123. The van der Waals surface area contributed by atoms with Crippen LogP contribution in [0, 0.1) is 23.0 Å². The summed E-state index contributed by atoms with van der Waals surface area (Å²) in [5.74, 6) is -0.741. The van der Waals surface area contributed by atoms with Crippen molar-refractivity contribution >= 4 is 32.5 Å². The van der Waals surface area contributed by atoms with Crippen molar-refractivity contribution in [3.05, 3.63) is 78.0 Å². The van der Waals surface area contributed by atoms with Gasteiger partial charge in [0, 0.05) is 53.2 Å². The smallest absolute Gasteiger partial charge is 0.144 e. The first-order valence-electron chi connectivity index (χ1n) is 12.6. The second kappa shape index (κ2) is 11.5. The molecular weight excluding hydrogens is 550 g/mol. The molecule has 1 fully saturated rings. The van der Waals surface area contributed by atoms with E-state index in [4.69, 9.17) is 10.5 Å². The zero-order chi connectivity index (χ0) is 26.6. The van der Waals surface area contributed by atoms with Crippen molar-refractivity contribution in [3.8, 4) is 34.1 Å². The van der Waals surface area contributed by atoms with Gasteiger partial charge in [-0.2, -0.15) is 5.26 Å². The molecular formula is C30H27BrF2N4O. The van der Waals surface area contributed by atoms with Gasteiger partial charge in [-0.1, -0.05) is 34.1 Å². The molecule has 0 aliphatic carbocycles. The molecule has 0 saturated carbocycles. The maximum Gasteiger partial charge on any atom is 0.144 e. The number of aromatic nitrogens is 1. The Morgan fingerprint density at radius 1 is 1.03 bits per heavy atom. The first-order valence-corrected chi connectivity index (χ1v) is 13.7. The summed E-state index contributed by atoms with van der Waals surface area (Å²) < 4.78 is 34.6. The number of para-hydroxylation sites is 1. The molecule has 3 aromatic carbocycles. The molecule has 0 unspecified atom stereocenters. The van der Waals surface area contributed by atoms with Gasteiger partial charge in [0.2, 0.25) is 0 Å². The molecule has 1 aromatic heterocycles. The number of anilines is 1. The molecule has 5 rings (SSSR count). The maximum absolute atomic E-state index is 14.2. The largest absolute Gasteiger partial charge is 0.492 e. The summed E-state index contributed by atoms with van der Waals surface area (Å²) in [6, 6.07) is 17.3. The molecule has 0 atom stereocenters. The van der Waals surface area contributed by atoms with Crippen LogP contribution in [-0.2, 0) is 0 Å². The van der Waals surface area contributed by atoms with Gasteiger partial charge in [0.15, 0.2) is 0 Å². The maximum atomic E-state index is 14.2. The van der Waals surface area contributed by atoms with Crippen molar-refractivity contribution in [2.75, 3.05) is 29.9 Å². The Kier molecular flexibility index (Phi) is 7.87. The lowest BCUT2D eigenvalue weighted by atomic mass is 9.95. The van der Waals surface area contributed by atoms with E-state index in [1.807, 2.05) is 30.3 Å². The number of rotatable bonds is 7. The Balaban J connectivity index is 1.71. The molecule has 0 amide bonds. The quantitative estimate of drug-likeness (QED) is 0.193. The summed E-state index contributed by atoms with van der Waals surface area (Å²) in [7, 11) is 0. The number of alkyl halides is 1. The summed E-state index contributed by atoms with van der Waals surface area (Å²) in [6.45, 7) is 1.92. The molecule has 2 N–H and O–H groups in total. The Labute approximate surface area is 229 Å². The van der Waals surface area contributed by atoms with E-state index >= 15 is 0 Å². The number of benzene rings is 3. The monoisotopic (exact) mass is 576 g/mol. The van der Waals surface area contributed by atoms with Crippen molar-refractivity contribution in [2.45, 2.75) is 25.3 Å². The van der Waals surface area contributed by atoms with E-state index in [0.717, 1.165) is 71.5 Å². The normalized spacial score (nSPS) is 14.0. The molecule has 1 aliphatic rings. The zero-order valence-electron chi connectivity index (χ0n) is 20.8. The Bertz CT molecular complexity index is 1490. The molecule has 1 aliphatic heterocycles. The molecule has 0 spiro atoms. The van der Waals surface area contributed by atoms with E-state index in [1.165, 1.54) is 12.1 Å². The van der Waals surface area contributed by atoms with Crippen molar-refractivity contribution in [2.24, 2.45) is 5.73 Å². The third-order valence-electron chi connectivity index (χ3n) is 6.84. The minimum atomic E-state index is -0.640. The molecule has 1 saturated heterocycles. The highest BCUT2D eigenvalue weighted by atomic mass is 79.9. The van der Waals surface area contributed by atoms with Crippen LogP contribution < -0.4 is 15.4 Å². The molecule has 5 nitrogen and oxygen atoms in total. The van der Waals surface area contributed by atoms with Gasteiger partial charge >= 0.3 is 0 Å². The number of nitrogens with two attached hydrogens (primary N) is 1. The average molecular weight is 577 g/mol. The van der Waals surface area contributed by atoms with Crippen LogP contribution in [0.15, 0.2) is 60.8 Å². The van der Waals surface area contributed by atoms with Crippen molar-refractivity contribution < 1.29 is 13.5 Å². The van der Waals surface area contributed by atoms with Gasteiger partial charge in [0.05, 0.1) is 23.4 Å². The van der Waals surface area contributed by atoms with Crippen LogP contribution in [-0.4, -0.2) is 36.1 Å². The first kappa shape index (κ1) is 26.1. The van der Waals surface area contributed by atoms with Crippen LogP contribution in [0.2, 0.25) is 0 Å². The standard InChI is InChI=1S/C30H27BrF2N4O/c31-9-2-12-38-30-20(17-34)3-1-4-25(30)19-5-6-28-26(15-19)29(37-10-7-24(35)8-11-37)27(18-36-28)21-13-22(32)16-23(33)14-21/h1,3-6,13-16,18,24H,2,7-12,35H2. The van der Waals surface area contributed by atoms with E-state index in [2.05, 4.69) is 31.9 Å². The van der Waals surface area contributed by atoms with Crippen LogP contribution in [0.25, 0.3) is 33.2 Å². The fraction of sp³-hybridized carbons (Fsp3) is 0.267. The zero-order valence-corrected chi connectivity index (χ0v) is 22.3. The lowest BCUT2D eigenvalue weighted by molar-refractivity contribution is 0.319. The molecule has 8 heteroatoms. The van der Waals surface area contributed by atoms with Crippen molar-refractivity contribution in [3.63, 3.8) is 0 Å². The summed E-state index contributed by atoms with van der Waals surface area (Å²) in [5, 5.41) is 11.4. The predicted molar refractivity (Wildman–Crippen MR) is 151 cm³/mol. The molecule has 4 aromatic rings. The number of hydrogen-bond acceptors (Lipinski definition) is 5. The Morgan fingerprint density at radius 3 is 2.50 bits per heavy atom. The van der Waals surface area contributed by atoms with Gasteiger partial charge in [-0.25, -0.2) is 8.78 Å². The lowest BCUT2D eigenvalue weighted by Gasteiger charge is -2.34. The summed E-state index contributed by atoms with van der Waals surface area (Å²) >= 11 is 3.42. The van der Waals surface area contributed by atoms with E-state index in [0.29, 0.717) is 29.0 Å². The van der Waals surface area contributed by atoms with E-state index in [9.17, 15) is 14.0 Å². The third kappa shape index (κ3) is 5.35. The minimum Gasteiger partial charge on any atom is -0.492 e. The third-order valence-corrected chi connectivity index (χ3v) is 7.40. The van der Waals surface area contributed by atoms with Crippen LogP contribution in [0.5, 0.6) is 5.75 Å². The number of nitrogens with zero attached hydrogens (tertiary/aromatic N) is 3. The van der Waals surface area contributed by atoms with Crippen molar-refractivity contribution in [1.29, 1.82) is 5.26 Å². The lowest BCUT2D eigenvalue weighted by Crippen LogP contribution is -2.40. The highest BCUT2D eigenvalue weighted by Crippen LogP contribution is 2.41. The summed E-state index contributed by atoms with van der Waals surface area (Å²) in [5.41, 5.74) is 11.0. The molecule has 2 heterocycles. The number of hydrogen-bond donors (Lipinski definition) is 1. The molecule has 38 heavy (non-hydrogen) atoms. The van der Waals surface area contributed by atoms with Crippen LogP contribution in [0.3, 0.4) is 0 Å². The highest BCUT2D eigenvalue weighted by molar-refractivity contribution is 9.09. The highest BCUT2D eigenvalue weighted by Gasteiger charge is 2.23. The number of fused-ring (bicyclic) bond motifs is 1. The summed E-state index contributed by atoms with van der Waals surface area (Å²) in [4.78, 5) is 6.88. The van der Waals surface area contributed by atoms with Gasteiger partial charge in [-0.15, -0.1) is 0 Å². The Morgan fingerprint density at radius 2 is 1.79 bits per heavy atom. The fourth-order valence-corrected chi connectivity index (χ4v) is 5.20. The Hall–Kier alpha value is -3.54. The fourth-order valence-electron chi connectivity index (χ4n) is 4.97. The van der Waals surface area contributed by atoms with Gasteiger partial charge in [-0.05, 0) is 60.7 Å². The van der Waals surface area contributed by atoms with Crippen molar-refractivity contribution in [1.82, 2.24) is 4.98 Å². The number of ether oxygens (including phenoxy) is 1. The van der Waals surface area contributed by atoms with E-state index in [-0.39, 0.29) is 6.04 Å². The predicted octanol–water partition coefficient (Wildman–Crippen LogP) is 6.81. The second-order valence-electron chi connectivity index (χ2n) is 9.42. The van der Waals surface area contributed by atoms with Gasteiger partial charge in [0.25, 0.3) is 0 Å².